The molecule has 0 aliphatic rings. The van der Waals surface area contributed by atoms with Gasteiger partial charge in [-0.05, 0) is 24.5 Å². The number of nitro benzene ring substituents is 1. The van der Waals surface area contributed by atoms with Crippen molar-refractivity contribution in [2.24, 2.45) is 0 Å². The third-order valence-electron chi connectivity index (χ3n) is 3.61. The van der Waals surface area contributed by atoms with Crippen LogP contribution in [0.3, 0.4) is 0 Å². The topological polar surface area (TPSA) is 108 Å². The van der Waals surface area contributed by atoms with Crippen molar-refractivity contribution in [2.75, 3.05) is 20.0 Å². The molecule has 142 valence electrons. The highest BCUT2D eigenvalue weighted by atomic mass is 32.2. The number of methoxy groups -OCH3 is 1. The number of hydrogen-bond donors (Lipinski definition) is 1. The zero-order valence-electron chi connectivity index (χ0n) is 14.8. The van der Waals surface area contributed by atoms with E-state index in [0.717, 1.165) is 11.6 Å². The maximum atomic E-state index is 12.0. The molecule has 0 heterocycles. The van der Waals surface area contributed by atoms with Gasteiger partial charge in [0.25, 0.3) is 11.6 Å². The molecule has 8 nitrogen and oxygen atoms in total. The van der Waals surface area contributed by atoms with Crippen LogP contribution in [0.4, 0.5) is 5.69 Å². The van der Waals surface area contributed by atoms with E-state index >= 15 is 0 Å². The number of nitro groups is 1. The summed E-state index contributed by atoms with van der Waals surface area (Å²) in [5, 5.41) is 13.7. The van der Waals surface area contributed by atoms with Gasteiger partial charge in [-0.2, -0.15) is 0 Å². The quantitative estimate of drug-likeness (QED) is 0.319. The van der Waals surface area contributed by atoms with Gasteiger partial charge in [0.15, 0.2) is 6.61 Å². The molecule has 9 heteroatoms. The van der Waals surface area contributed by atoms with Crippen molar-refractivity contribution < 1.29 is 24.0 Å². The molecule has 0 bridgehead atoms. The van der Waals surface area contributed by atoms with E-state index in [1.54, 1.807) is 18.4 Å². The second-order valence-corrected chi connectivity index (χ2v) is 6.16. The van der Waals surface area contributed by atoms with Gasteiger partial charge in [0.1, 0.15) is 5.75 Å². The van der Waals surface area contributed by atoms with E-state index in [0.29, 0.717) is 10.6 Å². The van der Waals surface area contributed by atoms with Gasteiger partial charge >= 0.3 is 5.97 Å². The molecule has 0 aromatic heterocycles. The van der Waals surface area contributed by atoms with E-state index in [1.165, 1.54) is 31.0 Å². The minimum Gasteiger partial charge on any atom is -0.496 e. The number of esters is 1. The minimum absolute atomic E-state index is 0.0111. The number of nitrogens with one attached hydrogen (secondary N) is 1. The summed E-state index contributed by atoms with van der Waals surface area (Å²) in [7, 11) is 1.53. The summed E-state index contributed by atoms with van der Waals surface area (Å²) < 4.78 is 10.1. The van der Waals surface area contributed by atoms with Crippen LogP contribution >= 0.6 is 11.8 Å². The third kappa shape index (κ3) is 5.45. The Hall–Kier alpha value is -3.07. The van der Waals surface area contributed by atoms with Crippen LogP contribution in [0.25, 0.3) is 0 Å². The zero-order valence-corrected chi connectivity index (χ0v) is 15.6. The predicted molar refractivity (Wildman–Crippen MR) is 100 cm³/mol. The molecule has 0 fully saturated rings. The molecule has 2 aromatic carbocycles. The summed E-state index contributed by atoms with van der Waals surface area (Å²) in [6, 6.07) is 11.2. The second-order valence-electron chi connectivity index (χ2n) is 5.31. The largest absolute Gasteiger partial charge is 0.496 e. The lowest BCUT2D eigenvalue weighted by molar-refractivity contribution is -0.387. The fraction of sp³-hybridized carbons (Fsp3) is 0.222. The third-order valence-corrected chi connectivity index (χ3v) is 4.40. The fourth-order valence-electron chi connectivity index (χ4n) is 2.27. The van der Waals surface area contributed by atoms with Crippen LogP contribution in [0.5, 0.6) is 5.75 Å². The van der Waals surface area contributed by atoms with Crippen molar-refractivity contribution in [2.45, 2.75) is 11.4 Å². The average Bonchev–Trinajstić information content (AvgIpc) is 2.69. The molecule has 0 unspecified atom stereocenters. The van der Waals surface area contributed by atoms with E-state index in [-0.39, 0.29) is 17.8 Å². The highest BCUT2D eigenvalue weighted by Gasteiger charge is 2.18. The number of carbonyl (C=O) groups is 2. The molecule has 0 atom stereocenters. The summed E-state index contributed by atoms with van der Waals surface area (Å²) in [6.45, 7) is -0.277. The molecule has 0 aliphatic heterocycles. The monoisotopic (exact) mass is 390 g/mol. The smallest absolute Gasteiger partial charge is 0.338 e. The van der Waals surface area contributed by atoms with E-state index < -0.39 is 23.4 Å². The number of benzene rings is 2. The lowest BCUT2D eigenvalue weighted by Crippen LogP contribution is -2.28. The second kappa shape index (κ2) is 9.58. The van der Waals surface area contributed by atoms with Gasteiger partial charge in [-0.1, -0.05) is 18.2 Å². The number of thioether (sulfide) groups is 1. The molecule has 0 saturated heterocycles. The number of rotatable bonds is 8. The Balaban J connectivity index is 1.92. The molecule has 27 heavy (non-hydrogen) atoms. The molecular formula is C18H18N2O6S. The van der Waals surface area contributed by atoms with Gasteiger partial charge in [0.05, 0.1) is 22.5 Å². The van der Waals surface area contributed by atoms with Crippen LogP contribution < -0.4 is 10.1 Å². The van der Waals surface area contributed by atoms with E-state index in [9.17, 15) is 19.7 Å². The SMILES string of the molecule is COc1ccccc1CNC(=O)COC(=O)c1ccc(SC)c([N+](=O)[O-])c1. The average molecular weight is 390 g/mol. The first-order valence-corrected chi connectivity index (χ1v) is 9.07. The number of amides is 1. The van der Waals surface area contributed by atoms with Gasteiger partial charge in [-0.25, -0.2) is 4.79 Å². The van der Waals surface area contributed by atoms with Crippen molar-refractivity contribution in [3.63, 3.8) is 0 Å². The van der Waals surface area contributed by atoms with Crippen molar-refractivity contribution in [1.82, 2.24) is 5.32 Å². The first kappa shape index (κ1) is 20.2. The molecule has 2 rings (SSSR count). The number of ether oxygens (including phenoxy) is 2. The molecular weight excluding hydrogens is 372 g/mol. The van der Waals surface area contributed by atoms with Crippen LogP contribution in [0, 0.1) is 10.1 Å². The highest BCUT2D eigenvalue weighted by molar-refractivity contribution is 7.98. The van der Waals surface area contributed by atoms with Gasteiger partial charge in [0, 0.05) is 18.2 Å². The molecule has 0 aliphatic carbocycles. The number of nitrogens with zero attached hydrogens (tertiary/aromatic N) is 1. The maximum Gasteiger partial charge on any atom is 0.338 e. The lowest BCUT2D eigenvalue weighted by atomic mass is 10.2. The Bertz CT molecular complexity index is 855. The normalized spacial score (nSPS) is 10.1. The van der Waals surface area contributed by atoms with Crippen LogP contribution in [0.1, 0.15) is 15.9 Å². The number of hydrogen-bond acceptors (Lipinski definition) is 7. The van der Waals surface area contributed by atoms with Crippen molar-refractivity contribution in [1.29, 1.82) is 0 Å². The number of carbonyl (C=O) groups excluding carboxylic acids is 2. The molecule has 1 amide bonds. The van der Waals surface area contributed by atoms with Crippen molar-refractivity contribution in [3.8, 4) is 5.75 Å². The van der Waals surface area contributed by atoms with Crippen LogP contribution in [0.2, 0.25) is 0 Å². The Morgan fingerprint density at radius 3 is 2.63 bits per heavy atom. The summed E-state index contributed by atoms with van der Waals surface area (Å²) in [5.74, 6) is -0.668. The van der Waals surface area contributed by atoms with Crippen molar-refractivity contribution in [3.05, 3.63) is 63.7 Å². The number of para-hydroxylation sites is 1. The highest BCUT2D eigenvalue weighted by Crippen LogP contribution is 2.28. The predicted octanol–water partition coefficient (Wildman–Crippen LogP) is 2.80. The van der Waals surface area contributed by atoms with Gasteiger partial charge in [-0.3, -0.25) is 14.9 Å². The van der Waals surface area contributed by atoms with E-state index in [1.807, 2.05) is 12.1 Å². The van der Waals surface area contributed by atoms with Gasteiger partial charge < -0.3 is 14.8 Å². The Labute approximate surface area is 160 Å². The zero-order chi connectivity index (χ0) is 19.8. The fourth-order valence-corrected chi connectivity index (χ4v) is 2.81. The molecule has 0 radical (unpaired) electrons. The standard InChI is InChI=1S/C18H18N2O6S/c1-25-15-6-4-3-5-13(15)10-19-17(21)11-26-18(22)12-7-8-16(27-2)14(9-12)20(23)24/h3-9H,10-11H2,1-2H3,(H,19,21). The minimum atomic E-state index is -0.807. The molecule has 0 spiro atoms. The van der Waals surface area contributed by atoms with E-state index in [4.69, 9.17) is 9.47 Å². The molecule has 1 N–H and O–H groups in total. The maximum absolute atomic E-state index is 12.0. The van der Waals surface area contributed by atoms with Crippen molar-refractivity contribution >= 4 is 29.3 Å². The molecule has 0 saturated carbocycles. The summed E-state index contributed by atoms with van der Waals surface area (Å²) in [5.41, 5.74) is 0.609. The first-order chi connectivity index (χ1) is 13.0. The summed E-state index contributed by atoms with van der Waals surface area (Å²) in [4.78, 5) is 34.9. The lowest BCUT2D eigenvalue weighted by Gasteiger charge is -2.10. The Morgan fingerprint density at radius 2 is 1.96 bits per heavy atom. The van der Waals surface area contributed by atoms with Crippen LogP contribution in [-0.4, -0.2) is 36.8 Å². The summed E-state index contributed by atoms with van der Waals surface area (Å²) >= 11 is 1.20. The Kier molecular flexibility index (Phi) is 7.18. The van der Waals surface area contributed by atoms with Crippen LogP contribution in [0.15, 0.2) is 47.4 Å². The Morgan fingerprint density at radius 1 is 1.22 bits per heavy atom. The first-order valence-electron chi connectivity index (χ1n) is 7.84. The van der Waals surface area contributed by atoms with Gasteiger partial charge in [0.2, 0.25) is 0 Å². The van der Waals surface area contributed by atoms with Gasteiger partial charge in [-0.15, -0.1) is 11.8 Å². The molecule has 2 aromatic rings. The van der Waals surface area contributed by atoms with Crippen LogP contribution in [-0.2, 0) is 16.1 Å². The van der Waals surface area contributed by atoms with E-state index in [2.05, 4.69) is 5.32 Å². The summed E-state index contributed by atoms with van der Waals surface area (Å²) in [6.07, 6.45) is 1.70.